The lowest BCUT2D eigenvalue weighted by molar-refractivity contribution is -0.319. The van der Waals surface area contributed by atoms with Crippen molar-refractivity contribution in [1.29, 1.82) is 0 Å². The number of aliphatic hydroxyl groups is 1. The van der Waals surface area contributed by atoms with E-state index >= 15 is 0 Å². The second-order valence-electron chi connectivity index (χ2n) is 17.9. The molecule has 1 N–H and O–H groups in total. The molecule has 59 heavy (non-hydrogen) atoms. The van der Waals surface area contributed by atoms with Gasteiger partial charge in [0.05, 0.1) is 31.3 Å². The summed E-state index contributed by atoms with van der Waals surface area (Å²) in [4.78, 5) is 28.6. The monoisotopic (exact) mass is 822 g/mol. The van der Waals surface area contributed by atoms with Gasteiger partial charge < -0.3 is 32.9 Å². The van der Waals surface area contributed by atoms with Gasteiger partial charge in [0, 0.05) is 25.9 Å². The highest BCUT2D eigenvalue weighted by atomic mass is 28.4. The van der Waals surface area contributed by atoms with E-state index in [2.05, 4.69) is 45.9 Å². The quantitative estimate of drug-likeness (QED) is 0.176. The van der Waals surface area contributed by atoms with Crippen molar-refractivity contribution < 1.29 is 42.5 Å². The molecule has 0 radical (unpaired) electrons. The number of ether oxygens (including phenoxy) is 4. The number of benzene rings is 2. The number of Topliss-reactive ketones (excluding diaryl/α,β-unsaturated/α-hetero) is 1. The standard InChI is InChI=1S/C49H62O9Si/c1-31(2)24-34(5)44-36(7)43(50)29-48(57-44)28-39-27-38(56-48)23-22-33(4)25-32(3)16-15-17-37-30-54-46-45(35(6)26-42(47(51)55-39)49(37,46)52)58-59(53-8,40-18-11-9-12-19-40)41-20-13-10-14-21-41/h9-22,24,26,31-32,36,38-39,42,44-46,52H,23,25,27-30H2,1-8H3/b16-15+,33-22+,34-24+,37-17+/t32-,36-,38+,39-,42-,44+,45+,46+,48-,49+/m0/s1. The summed E-state index contributed by atoms with van der Waals surface area (Å²) in [5.41, 5.74) is 1.69. The SMILES string of the molecule is CO[Si](O[C@@H]1C(C)=C[C@H]2C(=O)O[C@H]3C[C@@H](C/C=C(\C)C[C@@H](C)/C=C/C=C4\CO[C@H]1[C@@]42O)O[C@@]1(CC(=O)[C@H](C)[C@@H](/C(C)=C/C(C)C)O1)C3)(c1ccccc1)c1ccccc1. The van der Waals surface area contributed by atoms with Gasteiger partial charge in [-0.2, -0.15) is 0 Å². The summed E-state index contributed by atoms with van der Waals surface area (Å²) in [6.45, 7) is 14.4. The van der Waals surface area contributed by atoms with Crippen molar-refractivity contribution in [2.24, 2.45) is 23.7 Å². The van der Waals surface area contributed by atoms with E-state index in [0.717, 1.165) is 27.9 Å². The largest absolute Gasteiger partial charge is 0.462 e. The van der Waals surface area contributed by atoms with Gasteiger partial charge in [0.25, 0.3) is 0 Å². The topological polar surface area (TPSA) is 110 Å². The first kappa shape index (κ1) is 43.3. The zero-order valence-corrected chi connectivity index (χ0v) is 36.9. The number of esters is 1. The van der Waals surface area contributed by atoms with Crippen LogP contribution in [0.1, 0.15) is 80.6 Å². The Morgan fingerprint density at radius 2 is 1.66 bits per heavy atom. The van der Waals surface area contributed by atoms with Crippen molar-refractivity contribution in [3.05, 3.63) is 119 Å². The van der Waals surface area contributed by atoms with Gasteiger partial charge in [0.1, 0.15) is 29.5 Å². The molecule has 2 bridgehead atoms. The van der Waals surface area contributed by atoms with Crippen molar-refractivity contribution in [1.82, 2.24) is 0 Å². The minimum atomic E-state index is -3.41. The highest BCUT2D eigenvalue weighted by Gasteiger charge is 2.62. The van der Waals surface area contributed by atoms with Crippen LogP contribution in [0.5, 0.6) is 0 Å². The first-order valence-electron chi connectivity index (χ1n) is 21.3. The van der Waals surface area contributed by atoms with Crippen LogP contribution in [0.3, 0.4) is 0 Å². The molecule has 5 aliphatic rings. The average molecular weight is 823 g/mol. The number of hydrogen-bond acceptors (Lipinski definition) is 9. The number of hydrogen-bond donors (Lipinski definition) is 1. The molecule has 7 rings (SSSR count). The fourth-order valence-electron chi connectivity index (χ4n) is 9.90. The summed E-state index contributed by atoms with van der Waals surface area (Å²) in [7, 11) is -1.74. The summed E-state index contributed by atoms with van der Waals surface area (Å²) < 4.78 is 40.5. The van der Waals surface area contributed by atoms with E-state index < -0.39 is 56.3 Å². The Balaban J connectivity index is 1.29. The fourth-order valence-corrected chi connectivity index (χ4v) is 13.0. The zero-order valence-electron chi connectivity index (χ0n) is 35.9. The third kappa shape index (κ3) is 8.73. The summed E-state index contributed by atoms with van der Waals surface area (Å²) in [6.07, 6.45) is 11.0. The molecule has 0 saturated carbocycles. The van der Waals surface area contributed by atoms with Gasteiger partial charge in [-0.25, -0.2) is 0 Å². The van der Waals surface area contributed by atoms with Gasteiger partial charge in [-0.3, -0.25) is 9.59 Å². The van der Waals surface area contributed by atoms with E-state index in [4.69, 9.17) is 27.8 Å². The van der Waals surface area contributed by atoms with Gasteiger partial charge in [-0.05, 0) is 72.5 Å². The number of fused-ring (bicyclic) bond motifs is 2. The molecule has 4 heterocycles. The van der Waals surface area contributed by atoms with Crippen molar-refractivity contribution in [3.63, 3.8) is 0 Å². The second-order valence-corrected chi connectivity index (χ2v) is 20.9. The van der Waals surface area contributed by atoms with Crippen LogP contribution in [-0.2, 0) is 37.4 Å². The normalized spacial score (nSPS) is 36.8. The number of carbonyl (C=O) groups excluding carboxylic acids is 2. The third-order valence-electron chi connectivity index (χ3n) is 12.8. The lowest BCUT2D eigenvalue weighted by Gasteiger charge is -2.49. The summed E-state index contributed by atoms with van der Waals surface area (Å²) >= 11 is 0. The Hall–Kier alpha value is -3.74. The molecule has 0 amide bonds. The first-order valence-corrected chi connectivity index (χ1v) is 23.2. The fraction of sp³-hybridized carbons (Fsp3) is 0.510. The van der Waals surface area contributed by atoms with Gasteiger partial charge in [0.15, 0.2) is 5.79 Å². The van der Waals surface area contributed by atoms with Crippen molar-refractivity contribution in [2.45, 2.75) is 122 Å². The van der Waals surface area contributed by atoms with Gasteiger partial charge in [-0.1, -0.05) is 130 Å². The molecule has 2 aromatic rings. The molecule has 0 aromatic heterocycles. The molecule has 2 aromatic carbocycles. The van der Waals surface area contributed by atoms with Crippen LogP contribution >= 0.6 is 0 Å². The highest BCUT2D eigenvalue weighted by molar-refractivity contribution is 6.92. The van der Waals surface area contributed by atoms with Gasteiger partial charge in [0.2, 0.25) is 0 Å². The Bertz CT molecular complexity index is 1960. The molecule has 3 saturated heterocycles. The maximum atomic E-state index is 14.8. The summed E-state index contributed by atoms with van der Waals surface area (Å²) in [6, 6.07) is 19.8. The molecule has 0 unspecified atom stereocenters. The summed E-state index contributed by atoms with van der Waals surface area (Å²) in [5.74, 6) is -2.75. The molecule has 9 nitrogen and oxygen atoms in total. The Morgan fingerprint density at radius 3 is 2.31 bits per heavy atom. The van der Waals surface area contributed by atoms with Crippen LogP contribution in [0, 0.1) is 23.7 Å². The van der Waals surface area contributed by atoms with Crippen LogP contribution < -0.4 is 10.4 Å². The number of ketones is 1. The molecule has 4 aliphatic heterocycles. The van der Waals surface area contributed by atoms with Crippen molar-refractivity contribution in [3.8, 4) is 0 Å². The minimum absolute atomic E-state index is 0.0616. The van der Waals surface area contributed by atoms with Crippen molar-refractivity contribution in [2.75, 3.05) is 13.7 Å². The Kier molecular flexibility index (Phi) is 13.0. The van der Waals surface area contributed by atoms with E-state index in [1.54, 1.807) is 13.2 Å². The van der Waals surface area contributed by atoms with Crippen LogP contribution in [0.4, 0.5) is 0 Å². The number of rotatable bonds is 7. The first-order chi connectivity index (χ1) is 28.2. The Morgan fingerprint density at radius 1 is 0.983 bits per heavy atom. The molecule has 316 valence electrons. The maximum absolute atomic E-state index is 14.8. The van der Waals surface area contributed by atoms with Crippen LogP contribution in [0.25, 0.3) is 0 Å². The van der Waals surface area contributed by atoms with Crippen LogP contribution in [0.15, 0.2) is 119 Å². The molecule has 10 atom stereocenters. The van der Waals surface area contributed by atoms with E-state index in [9.17, 15) is 14.7 Å². The lowest BCUT2D eigenvalue weighted by atomic mass is 9.71. The molecule has 1 spiro atoms. The van der Waals surface area contributed by atoms with E-state index in [1.165, 1.54) is 5.57 Å². The smallest absolute Gasteiger partial charge is 0.407 e. The third-order valence-corrected chi connectivity index (χ3v) is 16.1. The molecular formula is C49H62O9Si. The average Bonchev–Trinajstić information content (AvgIpc) is 3.54. The number of carbonyl (C=O) groups is 2. The number of allylic oxidation sites excluding steroid dienone is 5. The summed E-state index contributed by atoms with van der Waals surface area (Å²) in [5, 5.41) is 15.0. The van der Waals surface area contributed by atoms with Crippen LogP contribution in [-0.4, -0.2) is 81.0 Å². The van der Waals surface area contributed by atoms with E-state index in [-0.39, 0.29) is 49.1 Å². The molecule has 10 heteroatoms. The minimum Gasteiger partial charge on any atom is -0.462 e. The molecule has 1 aliphatic carbocycles. The van der Waals surface area contributed by atoms with E-state index in [0.29, 0.717) is 18.4 Å². The predicted octanol–water partition coefficient (Wildman–Crippen LogP) is 7.22. The van der Waals surface area contributed by atoms with Gasteiger partial charge >= 0.3 is 14.5 Å². The highest BCUT2D eigenvalue weighted by Crippen LogP contribution is 2.48. The maximum Gasteiger partial charge on any atom is 0.407 e. The second kappa shape index (κ2) is 17.7. The Labute approximate surface area is 351 Å². The van der Waals surface area contributed by atoms with Gasteiger partial charge in [-0.15, -0.1) is 0 Å². The lowest BCUT2D eigenvalue weighted by Crippen LogP contribution is -2.68. The van der Waals surface area contributed by atoms with E-state index in [1.807, 2.05) is 93.6 Å². The van der Waals surface area contributed by atoms with Crippen LogP contribution in [0.2, 0.25) is 0 Å². The molecule has 3 fully saturated rings. The zero-order chi connectivity index (χ0) is 42.1. The van der Waals surface area contributed by atoms with Crippen molar-refractivity contribution >= 4 is 30.7 Å². The molecular weight excluding hydrogens is 761 g/mol. The predicted molar refractivity (Wildman–Crippen MR) is 230 cm³/mol.